The van der Waals surface area contributed by atoms with Gasteiger partial charge in [0.25, 0.3) is 0 Å². The molecule has 0 aliphatic rings. The molecule has 0 spiro atoms. The van der Waals surface area contributed by atoms with Gasteiger partial charge in [0.1, 0.15) is 11.9 Å². The summed E-state index contributed by atoms with van der Waals surface area (Å²) in [6.45, 7) is 5.61. The normalized spacial score (nSPS) is 11.1. The fourth-order valence-electron chi connectivity index (χ4n) is 2.58. The SMILES string of the molecule is CC(C)(C)c1c(C(=O)O)ccc(Cl)c1-c1ccc(C#N)c(F)c1. The quantitative estimate of drug-likeness (QED) is 0.841. The Bertz CT molecular complexity index is 832. The second-order valence-electron chi connectivity index (χ2n) is 6.21. The van der Waals surface area contributed by atoms with E-state index < -0.39 is 17.2 Å². The van der Waals surface area contributed by atoms with Crippen LogP contribution in [-0.2, 0) is 5.41 Å². The van der Waals surface area contributed by atoms with Crippen molar-refractivity contribution in [1.82, 2.24) is 0 Å². The lowest BCUT2D eigenvalue weighted by Crippen LogP contribution is -2.18. The molecular formula is C18H15ClFNO2. The standard InChI is InChI=1S/C18H15ClFNO2/c1-18(2,3)16-12(17(22)23)6-7-13(19)15(16)10-4-5-11(9-21)14(20)8-10/h4-8H,1-3H3,(H,22,23). The van der Waals surface area contributed by atoms with E-state index in [9.17, 15) is 14.3 Å². The van der Waals surface area contributed by atoms with Crippen LogP contribution in [0.25, 0.3) is 11.1 Å². The lowest BCUT2D eigenvalue weighted by atomic mass is 9.78. The molecule has 2 aromatic rings. The second kappa shape index (κ2) is 6.02. The smallest absolute Gasteiger partial charge is 0.336 e. The van der Waals surface area contributed by atoms with Crippen LogP contribution in [0.1, 0.15) is 42.3 Å². The van der Waals surface area contributed by atoms with Gasteiger partial charge >= 0.3 is 5.97 Å². The highest BCUT2D eigenvalue weighted by Gasteiger charge is 2.27. The van der Waals surface area contributed by atoms with Gasteiger partial charge in [0, 0.05) is 10.6 Å². The molecular weight excluding hydrogens is 317 g/mol. The van der Waals surface area contributed by atoms with Crippen LogP contribution in [0.2, 0.25) is 5.02 Å². The number of halogens is 2. The third-order valence-corrected chi connectivity index (χ3v) is 3.83. The molecule has 0 bridgehead atoms. The number of hydrogen-bond donors (Lipinski definition) is 1. The number of carboxylic acid groups (broad SMARTS) is 1. The number of benzene rings is 2. The topological polar surface area (TPSA) is 61.1 Å². The number of hydrogen-bond acceptors (Lipinski definition) is 2. The molecule has 3 nitrogen and oxygen atoms in total. The first-order valence-electron chi connectivity index (χ1n) is 6.93. The van der Waals surface area contributed by atoms with E-state index in [1.165, 1.54) is 24.3 Å². The molecule has 2 aromatic carbocycles. The molecule has 0 aliphatic heterocycles. The summed E-state index contributed by atoms with van der Waals surface area (Å²) in [5.41, 5.74) is 0.986. The molecule has 0 fully saturated rings. The highest BCUT2D eigenvalue weighted by atomic mass is 35.5. The van der Waals surface area contributed by atoms with Gasteiger partial charge in [-0.25, -0.2) is 9.18 Å². The maximum Gasteiger partial charge on any atom is 0.336 e. The van der Waals surface area contributed by atoms with E-state index in [2.05, 4.69) is 0 Å². The Kier molecular flexibility index (Phi) is 4.44. The summed E-state index contributed by atoms with van der Waals surface area (Å²) in [5, 5.41) is 18.6. The van der Waals surface area contributed by atoms with E-state index >= 15 is 0 Å². The van der Waals surface area contributed by atoms with E-state index in [-0.39, 0.29) is 11.1 Å². The zero-order chi connectivity index (χ0) is 17.4. The predicted octanol–water partition coefficient (Wildman–Crippen LogP) is 5.01. The van der Waals surface area contributed by atoms with Gasteiger partial charge < -0.3 is 5.11 Å². The summed E-state index contributed by atoms with van der Waals surface area (Å²) in [6, 6.07) is 8.85. The van der Waals surface area contributed by atoms with Gasteiger partial charge in [-0.2, -0.15) is 5.26 Å². The summed E-state index contributed by atoms with van der Waals surface area (Å²) >= 11 is 6.29. The van der Waals surface area contributed by atoms with Crippen molar-refractivity contribution < 1.29 is 14.3 Å². The fraction of sp³-hybridized carbons (Fsp3) is 0.222. The van der Waals surface area contributed by atoms with E-state index in [1.807, 2.05) is 20.8 Å². The molecule has 2 rings (SSSR count). The molecule has 23 heavy (non-hydrogen) atoms. The number of aromatic carboxylic acids is 1. The zero-order valence-corrected chi connectivity index (χ0v) is 13.7. The van der Waals surface area contributed by atoms with Crippen LogP contribution in [0.5, 0.6) is 0 Å². The van der Waals surface area contributed by atoms with Gasteiger partial charge in [-0.15, -0.1) is 0 Å². The Morgan fingerprint density at radius 1 is 1.26 bits per heavy atom. The highest BCUT2D eigenvalue weighted by Crippen LogP contribution is 2.40. The molecule has 0 heterocycles. The number of carboxylic acids is 1. The first-order chi connectivity index (χ1) is 10.7. The third kappa shape index (κ3) is 3.20. The van der Waals surface area contributed by atoms with Gasteiger partial charge in [-0.1, -0.05) is 38.4 Å². The molecule has 0 aromatic heterocycles. The van der Waals surface area contributed by atoms with Gasteiger partial charge in [-0.3, -0.25) is 0 Å². The van der Waals surface area contributed by atoms with Crippen molar-refractivity contribution in [2.24, 2.45) is 0 Å². The van der Waals surface area contributed by atoms with Crippen LogP contribution < -0.4 is 0 Å². The van der Waals surface area contributed by atoms with Crippen molar-refractivity contribution in [2.75, 3.05) is 0 Å². The fourth-order valence-corrected chi connectivity index (χ4v) is 2.84. The number of nitrogens with zero attached hydrogens (tertiary/aromatic N) is 1. The Balaban J connectivity index is 2.86. The molecule has 118 valence electrons. The molecule has 0 amide bonds. The van der Waals surface area contributed by atoms with Crippen LogP contribution in [-0.4, -0.2) is 11.1 Å². The Labute approximate surface area is 138 Å². The van der Waals surface area contributed by atoms with E-state index in [1.54, 1.807) is 12.1 Å². The lowest BCUT2D eigenvalue weighted by Gasteiger charge is -2.26. The summed E-state index contributed by atoms with van der Waals surface area (Å²) in [7, 11) is 0. The molecule has 0 aliphatic carbocycles. The molecule has 1 N–H and O–H groups in total. The zero-order valence-electron chi connectivity index (χ0n) is 12.9. The Morgan fingerprint density at radius 3 is 2.39 bits per heavy atom. The number of nitriles is 1. The largest absolute Gasteiger partial charge is 0.478 e. The van der Waals surface area contributed by atoms with Crippen LogP contribution >= 0.6 is 11.6 Å². The van der Waals surface area contributed by atoms with Crippen molar-refractivity contribution in [2.45, 2.75) is 26.2 Å². The number of carbonyl (C=O) groups is 1. The van der Waals surface area contributed by atoms with E-state index in [0.717, 1.165) is 0 Å². The highest BCUT2D eigenvalue weighted by molar-refractivity contribution is 6.33. The van der Waals surface area contributed by atoms with Crippen LogP contribution in [0.4, 0.5) is 4.39 Å². The minimum Gasteiger partial charge on any atom is -0.478 e. The molecule has 5 heteroatoms. The Hall–Kier alpha value is -2.38. The first-order valence-corrected chi connectivity index (χ1v) is 7.31. The van der Waals surface area contributed by atoms with Crippen LogP contribution in [0.15, 0.2) is 30.3 Å². The third-order valence-electron chi connectivity index (χ3n) is 3.51. The summed E-state index contributed by atoms with van der Waals surface area (Å²) in [4.78, 5) is 11.6. The molecule has 0 saturated heterocycles. The van der Waals surface area contributed by atoms with E-state index in [0.29, 0.717) is 21.7 Å². The molecule has 0 saturated carbocycles. The van der Waals surface area contributed by atoms with Gasteiger partial charge in [-0.05, 0) is 40.8 Å². The van der Waals surface area contributed by atoms with Crippen molar-refractivity contribution >= 4 is 17.6 Å². The van der Waals surface area contributed by atoms with Gasteiger partial charge in [0.2, 0.25) is 0 Å². The predicted molar refractivity (Wildman–Crippen MR) is 87.2 cm³/mol. The molecule has 0 unspecified atom stereocenters. The lowest BCUT2D eigenvalue weighted by molar-refractivity contribution is 0.0694. The maximum absolute atomic E-state index is 14.0. The average Bonchev–Trinajstić information content (AvgIpc) is 2.45. The Morgan fingerprint density at radius 2 is 1.91 bits per heavy atom. The van der Waals surface area contributed by atoms with Crippen molar-refractivity contribution in [3.8, 4) is 17.2 Å². The summed E-state index contributed by atoms with van der Waals surface area (Å²) in [6.07, 6.45) is 0. The minimum absolute atomic E-state index is 0.0726. The van der Waals surface area contributed by atoms with Crippen LogP contribution in [0, 0.1) is 17.1 Å². The minimum atomic E-state index is -1.07. The maximum atomic E-state index is 14.0. The van der Waals surface area contributed by atoms with Crippen LogP contribution in [0.3, 0.4) is 0 Å². The monoisotopic (exact) mass is 331 g/mol. The van der Waals surface area contributed by atoms with Crippen molar-refractivity contribution in [3.05, 3.63) is 57.9 Å². The van der Waals surface area contributed by atoms with Crippen molar-refractivity contribution in [1.29, 1.82) is 5.26 Å². The van der Waals surface area contributed by atoms with Gasteiger partial charge in [0.05, 0.1) is 11.1 Å². The average molecular weight is 332 g/mol. The number of rotatable bonds is 2. The molecule has 0 atom stereocenters. The summed E-state index contributed by atoms with van der Waals surface area (Å²) < 4.78 is 14.0. The summed E-state index contributed by atoms with van der Waals surface area (Å²) in [5.74, 6) is -1.73. The van der Waals surface area contributed by atoms with Gasteiger partial charge in [0.15, 0.2) is 0 Å². The second-order valence-corrected chi connectivity index (χ2v) is 6.61. The molecule has 0 radical (unpaired) electrons. The first kappa shape index (κ1) is 17.0. The van der Waals surface area contributed by atoms with Crippen molar-refractivity contribution in [3.63, 3.8) is 0 Å². The van der Waals surface area contributed by atoms with E-state index in [4.69, 9.17) is 16.9 Å².